The molecule has 2 rings (SSSR count). The zero-order valence-corrected chi connectivity index (χ0v) is 16.9. The number of amides is 2. The molecule has 2 aromatic rings. The first-order valence-corrected chi connectivity index (χ1v) is 9.15. The lowest BCUT2D eigenvalue weighted by Gasteiger charge is -2.10. The fourth-order valence-corrected chi connectivity index (χ4v) is 2.29. The topological polar surface area (TPSA) is 79.5 Å². The van der Waals surface area contributed by atoms with Crippen molar-refractivity contribution >= 4 is 51.2 Å². The molecule has 0 radical (unpaired) electrons. The van der Waals surface area contributed by atoms with E-state index in [1.165, 1.54) is 6.08 Å². The van der Waals surface area contributed by atoms with Crippen LogP contribution in [0.25, 0.3) is 6.08 Å². The molecule has 3 N–H and O–H groups in total. The highest BCUT2D eigenvalue weighted by atomic mass is 79.9. The fourth-order valence-electron chi connectivity index (χ4n) is 1.88. The summed E-state index contributed by atoms with van der Waals surface area (Å²) in [4.78, 5) is 23.5. The van der Waals surface area contributed by atoms with E-state index >= 15 is 0 Å². The number of rotatable bonds is 5. The first-order valence-electron chi connectivity index (χ1n) is 7.95. The number of thiocarbonyl (C=S) groups is 1. The maximum atomic E-state index is 11.8. The number of carbonyl (C=O) groups excluding carboxylic acids is 2. The molecule has 140 valence electrons. The predicted octanol–water partition coefficient (Wildman–Crippen LogP) is 2.87. The standard InChI is InChI=1S/C19H18BrN3O3S/c1-13-2-4-14(5-3-13)6-11-17(24)21-19(27)23-22-18(25)12-26-16-9-7-15(20)8-10-16/h2-11H,12H2,1H3,(H,22,25)(H2,21,23,24,27). The average Bonchev–Trinajstić information content (AvgIpc) is 2.65. The minimum absolute atomic E-state index is 0.0226. The Hall–Kier alpha value is -2.71. The molecule has 0 fully saturated rings. The molecule has 0 heterocycles. The molecular weight excluding hydrogens is 430 g/mol. The van der Waals surface area contributed by atoms with E-state index in [0.29, 0.717) is 5.75 Å². The molecule has 27 heavy (non-hydrogen) atoms. The van der Waals surface area contributed by atoms with Crippen molar-refractivity contribution in [2.45, 2.75) is 6.92 Å². The summed E-state index contributed by atoms with van der Waals surface area (Å²) in [5, 5.41) is 2.41. The number of hydrogen-bond donors (Lipinski definition) is 3. The van der Waals surface area contributed by atoms with Gasteiger partial charge >= 0.3 is 0 Å². The first-order chi connectivity index (χ1) is 12.9. The second-order valence-corrected chi connectivity index (χ2v) is 6.80. The van der Waals surface area contributed by atoms with Crippen molar-refractivity contribution in [3.63, 3.8) is 0 Å². The number of halogens is 1. The van der Waals surface area contributed by atoms with Crippen LogP contribution in [0.4, 0.5) is 0 Å². The Morgan fingerprint density at radius 1 is 1.07 bits per heavy atom. The van der Waals surface area contributed by atoms with E-state index in [4.69, 9.17) is 17.0 Å². The normalized spacial score (nSPS) is 10.3. The summed E-state index contributed by atoms with van der Waals surface area (Å²) in [6.07, 6.45) is 3.03. The van der Waals surface area contributed by atoms with Crippen LogP contribution in [0.2, 0.25) is 0 Å². The summed E-state index contributed by atoms with van der Waals surface area (Å²) in [5.41, 5.74) is 6.83. The molecule has 0 atom stereocenters. The zero-order chi connectivity index (χ0) is 19.6. The van der Waals surface area contributed by atoms with Crippen molar-refractivity contribution in [2.75, 3.05) is 6.61 Å². The highest BCUT2D eigenvalue weighted by Crippen LogP contribution is 2.15. The zero-order valence-electron chi connectivity index (χ0n) is 14.5. The van der Waals surface area contributed by atoms with Crippen LogP contribution in [0.1, 0.15) is 11.1 Å². The van der Waals surface area contributed by atoms with Crippen molar-refractivity contribution in [3.8, 4) is 5.75 Å². The van der Waals surface area contributed by atoms with Crippen molar-refractivity contribution < 1.29 is 14.3 Å². The maximum Gasteiger partial charge on any atom is 0.276 e. The molecule has 0 unspecified atom stereocenters. The molecule has 0 aliphatic heterocycles. The van der Waals surface area contributed by atoms with E-state index in [-0.39, 0.29) is 11.7 Å². The van der Waals surface area contributed by atoms with E-state index < -0.39 is 11.8 Å². The van der Waals surface area contributed by atoms with Gasteiger partial charge in [-0.15, -0.1) is 0 Å². The van der Waals surface area contributed by atoms with E-state index in [2.05, 4.69) is 32.1 Å². The Balaban J connectivity index is 1.68. The summed E-state index contributed by atoms with van der Waals surface area (Å²) in [5.74, 6) is -0.288. The lowest BCUT2D eigenvalue weighted by molar-refractivity contribution is -0.123. The van der Waals surface area contributed by atoms with Crippen LogP contribution in [0.15, 0.2) is 59.1 Å². The molecule has 0 saturated heterocycles. The second-order valence-electron chi connectivity index (χ2n) is 5.48. The Morgan fingerprint density at radius 2 is 1.74 bits per heavy atom. The quantitative estimate of drug-likeness (QED) is 0.373. The second kappa shape index (κ2) is 10.4. The molecule has 2 aromatic carbocycles. The minimum Gasteiger partial charge on any atom is -0.484 e. The maximum absolute atomic E-state index is 11.8. The molecule has 6 nitrogen and oxygen atoms in total. The molecule has 0 aliphatic carbocycles. The van der Waals surface area contributed by atoms with Gasteiger partial charge in [-0.05, 0) is 55.0 Å². The number of hydrazine groups is 1. The van der Waals surface area contributed by atoms with Gasteiger partial charge in [-0.25, -0.2) is 0 Å². The van der Waals surface area contributed by atoms with Gasteiger partial charge < -0.3 is 4.74 Å². The third-order valence-corrected chi connectivity index (χ3v) is 3.97. The Kier molecular flexibility index (Phi) is 7.97. The van der Waals surface area contributed by atoms with Crippen LogP contribution in [0, 0.1) is 6.92 Å². The van der Waals surface area contributed by atoms with Crippen LogP contribution in [-0.2, 0) is 9.59 Å². The lowest BCUT2D eigenvalue weighted by atomic mass is 10.1. The summed E-state index contributed by atoms with van der Waals surface area (Å²) in [6, 6.07) is 14.8. The molecule has 0 aliphatic rings. The lowest BCUT2D eigenvalue weighted by Crippen LogP contribution is -2.49. The summed E-state index contributed by atoms with van der Waals surface area (Å²) >= 11 is 8.27. The third-order valence-electron chi connectivity index (χ3n) is 3.24. The van der Waals surface area contributed by atoms with Gasteiger partial charge in [0.05, 0.1) is 0 Å². The van der Waals surface area contributed by atoms with Crippen LogP contribution < -0.4 is 20.9 Å². The van der Waals surface area contributed by atoms with Crippen molar-refractivity contribution in [2.24, 2.45) is 0 Å². The van der Waals surface area contributed by atoms with Gasteiger partial charge in [0.1, 0.15) is 5.75 Å². The highest BCUT2D eigenvalue weighted by molar-refractivity contribution is 9.10. The number of benzene rings is 2. The molecule has 8 heteroatoms. The summed E-state index contributed by atoms with van der Waals surface area (Å²) in [6.45, 7) is 1.79. The minimum atomic E-state index is -0.440. The summed E-state index contributed by atoms with van der Waals surface area (Å²) in [7, 11) is 0. The fraction of sp³-hybridized carbons (Fsp3) is 0.105. The molecule has 0 aromatic heterocycles. The Morgan fingerprint density at radius 3 is 2.41 bits per heavy atom. The van der Waals surface area contributed by atoms with Crippen LogP contribution in [0.5, 0.6) is 5.75 Å². The van der Waals surface area contributed by atoms with Gasteiger partial charge in [-0.2, -0.15) is 0 Å². The van der Waals surface area contributed by atoms with Crippen LogP contribution >= 0.6 is 28.1 Å². The van der Waals surface area contributed by atoms with Crippen molar-refractivity contribution in [3.05, 3.63) is 70.2 Å². The Bertz CT molecular complexity index is 836. The third kappa shape index (κ3) is 8.02. The van der Waals surface area contributed by atoms with Crippen LogP contribution in [0.3, 0.4) is 0 Å². The average molecular weight is 448 g/mol. The van der Waals surface area contributed by atoms with E-state index in [1.807, 2.05) is 31.2 Å². The van der Waals surface area contributed by atoms with Gasteiger partial charge in [0.2, 0.25) is 5.91 Å². The van der Waals surface area contributed by atoms with Gasteiger partial charge in [0, 0.05) is 10.5 Å². The number of nitrogens with one attached hydrogen (secondary N) is 3. The van der Waals surface area contributed by atoms with Crippen molar-refractivity contribution in [1.29, 1.82) is 0 Å². The molecule has 0 bridgehead atoms. The number of hydrogen-bond acceptors (Lipinski definition) is 4. The van der Waals surface area contributed by atoms with E-state index in [1.54, 1.807) is 30.3 Å². The number of aryl methyl sites for hydroxylation is 1. The monoisotopic (exact) mass is 447 g/mol. The SMILES string of the molecule is Cc1ccc(C=CC(=O)NC(=S)NNC(=O)COc2ccc(Br)cc2)cc1. The van der Waals surface area contributed by atoms with Gasteiger partial charge in [-0.1, -0.05) is 45.8 Å². The molecule has 0 spiro atoms. The predicted molar refractivity (Wildman–Crippen MR) is 112 cm³/mol. The highest BCUT2D eigenvalue weighted by Gasteiger charge is 2.05. The van der Waals surface area contributed by atoms with Crippen LogP contribution in [-0.4, -0.2) is 23.5 Å². The van der Waals surface area contributed by atoms with Gasteiger partial charge in [0.15, 0.2) is 11.7 Å². The molecule has 0 saturated carbocycles. The van der Waals surface area contributed by atoms with Gasteiger partial charge in [-0.3, -0.25) is 25.8 Å². The first kappa shape index (κ1) is 20.6. The largest absolute Gasteiger partial charge is 0.484 e. The van der Waals surface area contributed by atoms with E-state index in [9.17, 15) is 9.59 Å². The van der Waals surface area contributed by atoms with Crippen molar-refractivity contribution in [1.82, 2.24) is 16.2 Å². The van der Waals surface area contributed by atoms with Gasteiger partial charge in [0.25, 0.3) is 5.91 Å². The summed E-state index contributed by atoms with van der Waals surface area (Å²) < 4.78 is 6.23. The smallest absolute Gasteiger partial charge is 0.276 e. The Labute approximate surface area is 171 Å². The number of carbonyl (C=O) groups is 2. The van der Waals surface area contributed by atoms with E-state index in [0.717, 1.165) is 15.6 Å². The number of ether oxygens (including phenoxy) is 1. The molecule has 2 amide bonds. The molecular formula is C19H18BrN3O3S.